The van der Waals surface area contributed by atoms with Gasteiger partial charge in [0.1, 0.15) is 5.75 Å². The zero-order valence-electron chi connectivity index (χ0n) is 32.1. The lowest BCUT2D eigenvalue weighted by Gasteiger charge is -2.71. The summed E-state index contributed by atoms with van der Waals surface area (Å²) in [5, 5.41) is 35.5. The number of aliphatic hydroxyl groups excluding tert-OH is 2. The second-order valence-corrected chi connectivity index (χ2v) is 17.7. The van der Waals surface area contributed by atoms with Gasteiger partial charge in [0.05, 0.1) is 38.1 Å². The van der Waals surface area contributed by atoms with Gasteiger partial charge in [-0.15, -0.1) is 0 Å². The number of hydrogen-bond donors (Lipinski definition) is 3. The van der Waals surface area contributed by atoms with Crippen molar-refractivity contribution in [2.24, 2.45) is 33.5 Å². The number of hydrogen-bond acceptors (Lipinski definition) is 7. The van der Waals surface area contributed by atoms with Crippen molar-refractivity contribution in [1.82, 2.24) is 4.90 Å². The molecular weight excluding hydrogens is 675 g/mol. The van der Waals surface area contributed by atoms with Gasteiger partial charge in [0.15, 0.2) is 5.78 Å². The van der Waals surface area contributed by atoms with Crippen molar-refractivity contribution in [3.8, 4) is 5.75 Å². The lowest BCUT2D eigenvalue weighted by atomic mass is 9.32. The number of aliphatic hydroxyl groups is 3. The Balaban J connectivity index is 1.11. The minimum Gasteiger partial charge on any atom is -0.497 e. The normalized spacial score (nSPS) is 35.5. The van der Waals surface area contributed by atoms with E-state index in [4.69, 9.17) is 9.47 Å². The lowest BCUT2D eigenvalue weighted by Crippen LogP contribution is -2.67. The number of rotatable bonds is 13. The summed E-state index contributed by atoms with van der Waals surface area (Å²) < 4.78 is 11.4. The second-order valence-electron chi connectivity index (χ2n) is 17.7. The third-order valence-corrected chi connectivity index (χ3v) is 14.9. The van der Waals surface area contributed by atoms with Crippen LogP contribution in [0.4, 0.5) is 0 Å². The first-order valence-electron chi connectivity index (χ1n) is 20.0. The maximum absolute atomic E-state index is 14.9. The van der Waals surface area contributed by atoms with E-state index in [-0.39, 0.29) is 35.1 Å². The highest BCUT2D eigenvalue weighted by molar-refractivity contribution is 6.10. The first kappa shape index (κ1) is 37.3. The maximum Gasteiger partial charge on any atom is 0.189 e. The topological polar surface area (TPSA) is 99.5 Å². The highest BCUT2D eigenvalue weighted by atomic mass is 16.5. The van der Waals surface area contributed by atoms with Crippen molar-refractivity contribution in [2.45, 2.75) is 89.8 Å². The Bertz CT molecular complexity index is 1880. The molecular formula is C47H57NO6. The van der Waals surface area contributed by atoms with Crippen LogP contribution in [0.25, 0.3) is 0 Å². The van der Waals surface area contributed by atoms with E-state index < -0.39 is 28.6 Å². The molecule has 6 aliphatic rings. The molecule has 3 N–H and O–H groups in total. The van der Waals surface area contributed by atoms with Crippen LogP contribution < -0.4 is 4.74 Å². The molecule has 7 nitrogen and oxygen atoms in total. The molecule has 0 amide bonds. The van der Waals surface area contributed by atoms with Crippen LogP contribution in [0.5, 0.6) is 5.75 Å². The Labute approximate surface area is 320 Å². The zero-order valence-corrected chi connectivity index (χ0v) is 32.1. The van der Waals surface area contributed by atoms with Gasteiger partial charge in [-0.1, -0.05) is 92.7 Å². The molecule has 9 rings (SSSR count). The average Bonchev–Trinajstić information content (AvgIpc) is 3.44. The molecule has 286 valence electrons. The highest BCUT2D eigenvalue weighted by Crippen LogP contribution is 2.78. The summed E-state index contributed by atoms with van der Waals surface area (Å²) in [5.41, 5.74) is 1.12. The van der Waals surface area contributed by atoms with Crippen LogP contribution in [-0.2, 0) is 17.9 Å². The standard InChI is InChI=1S/C47H57NO6/c1-43-21-18-36(49)26-45(43)24-25-47(39(27-45)42(51)35-14-16-38(53-3)17-15-35)40(43)19-22-44(2)41(47)20-23-46(44,52)32-48(28-33-10-6-4-7-11-33)29-37(50)31-54-30-34-12-8-5-9-13-34/h4-17,24-25,27,36-37,40-41,49-50,52H,18-23,26,28-32H2,1-3H3/t36?,37-,40-,41-,43-,44+,45+,46-,47-/m1/s1. The van der Waals surface area contributed by atoms with Crippen molar-refractivity contribution < 1.29 is 29.6 Å². The number of Topliss-reactive ketones (excluding diaryl/α,β-unsaturated/α-hetero) is 1. The van der Waals surface area contributed by atoms with Gasteiger partial charge in [-0.2, -0.15) is 0 Å². The summed E-state index contributed by atoms with van der Waals surface area (Å²) in [5.74, 6) is 1.01. The van der Waals surface area contributed by atoms with Crippen LogP contribution in [0.1, 0.15) is 80.3 Å². The molecule has 54 heavy (non-hydrogen) atoms. The Morgan fingerprint density at radius 2 is 1.50 bits per heavy atom. The fraction of sp³-hybridized carbons (Fsp3) is 0.511. The van der Waals surface area contributed by atoms with Gasteiger partial charge in [0.2, 0.25) is 0 Å². The van der Waals surface area contributed by atoms with Gasteiger partial charge in [-0.3, -0.25) is 9.69 Å². The van der Waals surface area contributed by atoms with Crippen LogP contribution in [0.3, 0.4) is 0 Å². The molecule has 9 atom stereocenters. The third-order valence-electron chi connectivity index (χ3n) is 14.9. The van der Waals surface area contributed by atoms with E-state index in [0.717, 1.165) is 48.8 Å². The predicted molar refractivity (Wildman–Crippen MR) is 210 cm³/mol. The van der Waals surface area contributed by atoms with Gasteiger partial charge in [-0.25, -0.2) is 0 Å². The molecule has 0 saturated heterocycles. The number of allylic oxidation sites excluding steroid dienone is 4. The Morgan fingerprint density at radius 1 is 0.852 bits per heavy atom. The fourth-order valence-corrected chi connectivity index (χ4v) is 12.1. The van der Waals surface area contributed by atoms with E-state index >= 15 is 0 Å². The number of ether oxygens (including phenoxy) is 2. The monoisotopic (exact) mass is 731 g/mol. The Kier molecular flexibility index (Phi) is 9.80. The van der Waals surface area contributed by atoms with Gasteiger partial charge in [-0.05, 0) is 97.6 Å². The molecule has 2 spiro atoms. The first-order valence-corrected chi connectivity index (χ1v) is 20.0. The van der Waals surface area contributed by atoms with E-state index in [1.165, 1.54) is 0 Å². The van der Waals surface area contributed by atoms with Crippen molar-refractivity contribution in [2.75, 3.05) is 26.8 Å². The largest absolute Gasteiger partial charge is 0.497 e. The number of nitrogens with zero attached hydrogens (tertiary/aromatic N) is 1. The van der Waals surface area contributed by atoms with E-state index in [1.807, 2.05) is 72.8 Å². The number of carbonyl (C=O) groups excluding carboxylic acids is 1. The minimum atomic E-state index is -1.05. The predicted octanol–water partition coefficient (Wildman–Crippen LogP) is 7.55. The number of ketones is 1. The fourth-order valence-electron chi connectivity index (χ4n) is 12.1. The molecule has 0 aromatic heterocycles. The molecule has 2 bridgehead atoms. The Hall–Kier alpha value is -3.59. The maximum atomic E-state index is 14.9. The van der Waals surface area contributed by atoms with Gasteiger partial charge in [0, 0.05) is 47.0 Å². The number of fused-ring (bicyclic) bond motifs is 1. The van der Waals surface area contributed by atoms with E-state index in [2.05, 4.69) is 49.1 Å². The third kappa shape index (κ3) is 6.02. The average molecular weight is 732 g/mol. The van der Waals surface area contributed by atoms with Crippen molar-refractivity contribution in [3.05, 3.63) is 125 Å². The van der Waals surface area contributed by atoms with Crippen LogP contribution in [0.15, 0.2) is 109 Å². The SMILES string of the molecule is COc1ccc(C(=O)C2=C[C@@]34C=C[C@@]25[C@@H]2CC[C@@](O)(CN(Cc6ccccc6)C[C@@H](O)COCc6ccccc6)[C@@]2(C)CC[C@@H]5[C@@]3(C)CCC(O)C4)cc1. The van der Waals surface area contributed by atoms with Crippen LogP contribution in [0.2, 0.25) is 0 Å². The first-order chi connectivity index (χ1) is 26.0. The Morgan fingerprint density at radius 3 is 2.20 bits per heavy atom. The molecule has 3 saturated carbocycles. The molecule has 3 aromatic carbocycles. The molecule has 6 aliphatic carbocycles. The molecule has 1 unspecified atom stereocenters. The smallest absolute Gasteiger partial charge is 0.189 e. The molecule has 7 heteroatoms. The quantitative estimate of drug-likeness (QED) is 0.123. The summed E-state index contributed by atoms with van der Waals surface area (Å²) in [4.78, 5) is 17.1. The number of carbonyl (C=O) groups is 1. The van der Waals surface area contributed by atoms with Crippen LogP contribution >= 0.6 is 0 Å². The van der Waals surface area contributed by atoms with E-state index in [9.17, 15) is 20.1 Å². The summed E-state index contributed by atoms with van der Waals surface area (Å²) >= 11 is 0. The van der Waals surface area contributed by atoms with Gasteiger partial charge in [0.25, 0.3) is 0 Å². The van der Waals surface area contributed by atoms with Gasteiger partial charge >= 0.3 is 0 Å². The van der Waals surface area contributed by atoms with Crippen LogP contribution in [0, 0.1) is 33.5 Å². The highest BCUT2D eigenvalue weighted by Gasteiger charge is 2.74. The zero-order chi connectivity index (χ0) is 37.8. The summed E-state index contributed by atoms with van der Waals surface area (Å²) in [6.45, 7) is 6.70. The molecule has 3 aromatic rings. The molecule has 0 aliphatic heterocycles. The van der Waals surface area contributed by atoms with Crippen LogP contribution in [-0.4, -0.2) is 70.6 Å². The molecule has 0 radical (unpaired) electrons. The van der Waals surface area contributed by atoms with E-state index in [1.54, 1.807) is 7.11 Å². The molecule has 0 heterocycles. The number of methoxy groups -OCH3 is 1. The summed E-state index contributed by atoms with van der Waals surface area (Å²) in [6.07, 6.45) is 11.4. The minimum absolute atomic E-state index is 0.0394. The van der Waals surface area contributed by atoms with E-state index in [0.29, 0.717) is 50.4 Å². The van der Waals surface area contributed by atoms with Crippen molar-refractivity contribution >= 4 is 5.78 Å². The molecule has 3 fully saturated rings. The lowest BCUT2D eigenvalue weighted by molar-refractivity contribution is -0.177. The number of benzene rings is 3. The van der Waals surface area contributed by atoms with Crippen molar-refractivity contribution in [3.63, 3.8) is 0 Å². The summed E-state index contributed by atoms with van der Waals surface area (Å²) in [7, 11) is 1.63. The second kappa shape index (κ2) is 14.2. The van der Waals surface area contributed by atoms with Gasteiger partial charge < -0.3 is 24.8 Å². The summed E-state index contributed by atoms with van der Waals surface area (Å²) in [6, 6.07) is 27.7. The van der Waals surface area contributed by atoms with Crippen molar-refractivity contribution in [1.29, 1.82) is 0 Å².